The first kappa shape index (κ1) is 21.9. The van der Waals surface area contributed by atoms with Crippen molar-refractivity contribution < 1.29 is 19.1 Å². The Morgan fingerprint density at radius 2 is 1.88 bits per heavy atom. The van der Waals surface area contributed by atoms with Crippen molar-refractivity contribution >= 4 is 28.5 Å². The van der Waals surface area contributed by atoms with Gasteiger partial charge in [0, 0.05) is 40.7 Å². The second kappa shape index (κ2) is 9.47. The Labute approximate surface area is 188 Å². The zero-order chi connectivity index (χ0) is 22.7. The molecule has 4 rings (SSSR count). The van der Waals surface area contributed by atoms with E-state index >= 15 is 0 Å². The van der Waals surface area contributed by atoms with Crippen molar-refractivity contribution in [1.29, 1.82) is 0 Å². The van der Waals surface area contributed by atoms with E-state index in [1.54, 1.807) is 19.2 Å². The number of methoxy groups -OCH3 is 2. The van der Waals surface area contributed by atoms with Gasteiger partial charge in [-0.2, -0.15) is 0 Å². The van der Waals surface area contributed by atoms with Gasteiger partial charge in [-0.3, -0.25) is 4.79 Å². The van der Waals surface area contributed by atoms with Gasteiger partial charge in [0.15, 0.2) is 0 Å². The maximum absolute atomic E-state index is 12.5. The van der Waals surface area contributed by atoms with Crippen LogP contribution in [0.15, 0.2) is 42.6 Å². The van der Waals surface area contributed by atoms with Crippen LogP contribution in [0.4, 0.5) is 5.69 Å². The molecule has 6 nitrogen and oxygen atoms in total. The molecule has 0 spiro atoms. The van der Waals surface area contributed by atoms with Crippen LogP contribution in [0, 0.1) is 5.92 Å². The molecule has 0 bridgehead atoms. The number of aromatic nitrogens is 1. The average molecular weight is 435 g/mol. The molecule has 1 fully saturated rings. The molecule has 1 aromatic heterocycles. The SMILES string of the molecule is COC(=O)c1ccc(C(C)c2c[nH]c3ccc(NC(=O)CC4CCCC4)cc23)c(OC)c1. The Hall–Kier alpha value is -3.28. The van der Waals surface area contributed by atoms with Gasteiger partial charge in [-0.25, -0.2) is 4.79 Å². The molecule has 1 aliphatic rings. The Balaban J connectivity index is 1.59. The summed E-state index contributed by atoms with van der Waals surface area (Å²) in [6.07, 6.45) is 7.37. The molecule has 6 heteroatoms. The number of fused-ring (bicyclic) bond motifs is 1. The summed E-state index contributed by atoms with van der Waals surface area (Å²) in [6.45, 7) is 2.10. The molecular formula is C26H30N2O4. The largest absolute Gasteiger partial charge is 0.496 e. The fourth-order valence-electron chi connectivity index (χ4n) is 4.75. The summed E-state index contributed by atoms with van der Waals surface area (Å²) >= 11 is 0. The van der Waals surface area contributed by atoms with Crippen LogP contribution in [0.2, 0.25) is 0 Å². The zero-order valence-electron chi connectivity index (χ0n) is 18.9. The Morgan fingerprint density at radius 1 is 1.09 bits per heavy atom. The average Bonchev–Trinajstić information content (AvgIpc) is 3.47. The highest BCUT2D eigenvalue weighted by molar-refractivity contribution is 5.95. The highest BCUT2D eigenvalue weighted by Gasteiger charge is 2.21. The van der Waals surface area contributed by atoms with Crippen LogP contribution in [0.5, 0.6) is 5.75 Å². The van der Waals surface area contributed by atoms with Crippen LogP contribution < -0.4 is 10.1 Å². The monoisotopic (exact) mass is 434 g/mol. The van der Waals surface area contributed by atoms with Crippen LogP contribution >= 0.6 is 0 Å². The fourth-order valence-corrected chi connectivity index (χ4v) is 4.75. The van der Waals surface area contributed by atoms with Gasteiger partial charge in [0.05, 0.1) is 19.8 Å². The molecular weight excluding hydrogens is 404 g/mol. The van der Waals surface area contributed by atoms with Gasteiger partial charge in [-0.05, 0) is 54.7 Å². The number of carbonyl (C=O) groups excluding carboxylic acids is 2. The number of rotatable bonds is 7. The maximum Gasteiger partial charge on any atom is 0.337 e. The molecule has 168 valence electrons. The Bertz CT molecular complexity index is 1130. The molecule has 2 aromatic carbocycles. The Morgan fingerprint density at radius 3 is 2.59 bits per heavy atom. The Kier molecular flexibility index (Phi) is 6.49. The maximum atomic E-state index is 12.5. The molecule has 3 aromatic rings. The van der Waals surface area contributed by atoms with Gasteiger partial charge in [0.2, 0.25) is 5.91 Å². The molecule has 0 aliphatic heterocycles. The van der Waals surface area contributed by atoms with Crippen molar-refractivity contribution in [3.63, 3.8) is 0 Å². The molecule has 0 saturated heterocycles. The van der Waals surface area contributed by atoms with Crippen LogP contribution in [-0.2, 0) is 9.53 Å². The van der Waals surface area contributed by atoms with E-state index < -0.39 is 5.97 Å². The van der Waals surface area contributed by atoms with Crippen molar-refractivity contribution in [2.24, 2.45) is 5.92 Å². The molecule has 1 atom stereocenters. The number of hydrogen-bond acceptors (Lipinski definition) is 4. The van der Waals surface area contributed by atoms with Crippen molar-refractivity contribution in [3.8, 4) is 5.75 Å². The van der Waals surface area contributed by atoms with E-state index in [0.29, 0.717) is 23.7 Å². The van der Waals surface area contributed by atoms with Gasteiger partial charge < -0.3 is 19.8 Å². The van der Waals surface area contributed by atoms with E-state index in [9.17, 15) is 9.59 Å². The molecule has 32 heavy (non-hydrogen) atoms. The lowest BCUT2D eigenvalue weighted by atomic mass is 9.91. The molecule has 1 heterocycles. The van der Waals surface area contributed by atoms with Crippen LogP contribution in [0.3, 0.4) is 0 Å². The smallest absolute Gasteiger partial charge is 0.337 e. The normalized spacial score (nSPS) is 15.0. The molecule has 1 unspecified atom stereocenters. The summed E-state index contributed by atoms with van der Waals surface area (Å²) in [7, 11) is 2.96. The van der Waals surface area contributed by atoms with Gasteiger partial charge >= 0.3 is 5.97 Å². The van der Waals surface area contributed by atoms with Crippen LogP contribution in [-0.4, -0.2) is 31.1 Å². The number of H-pyrrole nitrogens is 1. The third-order valence-electron chi connectivity index (χ3n) is 6.53. The lowest BCUT2D eigenvalue weighted by molar-refractivity contribution is -0.117. The summed E-state index contributed by atoms with van der Waals surface area (Å²) in [5.74, 6) is 0.849. The number of aromatic amines is 1. The number of benzene rings is 2. The molecule has 2 N–H and O–H groups in total. The number of hydrogen-bond donors (Lipinski definition) is 2. The highest BCUT2D eigenvalue weighted by atomic mass is 16.5. The second-order valence-electron chi connectivity index (χ2n) is 8.58. The second-order valence-corrected chi connectivity index (χ2v) is 8.58. The first-order valence-corrected chi connectivity index (χ1v) is 11.2. The first-order valence-electron chi connectivity index (χ1n) is 11.2. The van der Waals surface area contributed by atoms with E-state index in [4.69, 9.17) is 9.47 Å². The topological polar surface area (TPSA) is 80.4 Å². The minimum atomic E-state index is -0.396. The highest BCUT2D eigenvalue weighted by Crippen LogP contribution is 2.37. The minimum Gasteiger partial charge on any atom is -0.496 e. The summed E-state index contributed by atoms with van der Waals surface area (Å²) in [6, 6.07) is 11.3. The predicted octanol–water partition coefficient (Wildman–Crippen LogP) is 5.63. The zero-order valence-corrected chi connectivity index (χ0v) is 18.9. The van der Waals surface area contributed by atoms with E-state index in [0.717, 1.165) is 40.6 Å². The molecule has 0 radical (unpaired) electrons. The molecule has 1 amide bonds. The van der Waals surface area contributed by atoms with Crippen molar-refractivity contribution in [2.75, 3.05) is 19.5 Å². The lowest BCUT2D eigenvalue weighted by Crippen LogP contribution is -2.15. The lowest BCUT2D eigenvalue weighted by Gasteiger charge is -2.17. The predicted molar refractivity (Wildman–Crippen MR) is 125 cm³/mol. The van der Waals surface area contributed by atoms with Crippen LogP contribution in [0.1, 0.15) is 66.4 Å². The van der Waals surface area contributed by atoms with Crippen molar-refractivity contribution in [3.05, 3.63) is 59.3 Å². The van der Waals surface area contributed by atoms with E-state index in [1.165, 1.54) is 20.0 Å². The van der Waals surface area contributed by atoms with Gasteiger partial charge in [-0.15, -0.1) is 0 Å². The van der Waals surface area contributed by atoms with E-state index in [1.807, 2.05) is 30.5 Å². The van der Waals surface area contributed by atoms with Gasteiger partial charge in [-0.1, -0.05) is 25.8 Å². The minimum absolute atomic E-state index is 0.00911. The summed E-state index contributed by atoms with van der Waals surface area (Å²) in [5.41, 5.74) is 4.33. The summed E-state index contributed by atoms with van der Waals surface area (Å²) in [5, 5.41) is 4.13. The molecule has 1 aliphatic carbocycles. The number of anilines is 1. The third-order valence-corrected chi connectivity index (χ3v) is 6.53. The van der Waals surface area contributed by atoms with E-state index in [2.05, 4.69) is 17.2 Å². The number of carbonyl (C=O) groups is 2. The first-order chi connectivity index (χ1) is 15.5. The van der Waals surface area contributed by atoms with Crippen LogP contribution in [0.25, 0.3) is 10.9 Å². The van der Waals surface area contributed by atoms with Gasteiger partial charge in [0.25, 0.3) is 0 Å². The number of amides is 1. The number of nitrogens with one attached hydrogen (secondary N) is 2. The van der Waals surface area contributed by atoms with Gasteiger partial charge in [0.1, 0.15) is 5.75 Å². The number of ether oxygens (including phenoxy) is 2. The standard InChI is InChI=1S/C26H30N2O4/c1-16(20-10-8-18(26(30)32-3)13-24(20)31-2)22-15-27-23-11-9-19(14-21(22)23)28-25(29)12-17-6-4-5-7-17/h8-11,13-17,27H,4-7,12H2,1-3H3,(H,28,29). The quantitative estimate of drug-likeness (QED) is 0.472. The van der Waals surface area contributed by atoms with E-state index in [-0.39, 0.29) is 11.8 Å². The summed E-state index contributed by atoms with van der Waals surface area (Å²) < 4.78 is 10.4. The molecule has 1 saturated carbocycles. The summed E-state index contributed by atoms with van der Waals surface area (Å²) in [4.78, 5) is 27.7. The fraction of sp³-hybridized carbons (Fsp3) is 0.385. The van der Waals surface area contributed by atoms with Crippen molar-refractivity contribution in [1.82, 2.24) is 4.98 Å². The van der Waals surface area contributed by atoms with Crippen molar-refractivity contribution in [2.45, 2.75) is 44.9 Å². The third kappa shape index (κ3) is 4.49. The number of esters is 1.